The summed E-state index contributed by atoms with van der Waals surface area (Å²) in [5.41, 5.74) is 0.411. The SMILES string of the molecule is CC(C)CCN(C(=O)c1ccc(Br)cc1O)C1CCCC1. The molecular weight excluding hydrogens is 330 g/mol. The van der Waals surface area contributed by atoms with Gasteiger partial charge in [-0.15, -0.1) is 0 Å². The molecule has 0 unspecified atom stereocenters. The zero-order valence-electron chi connectivity index (χ0n) is 12.8. The van der Waals surface area contributed by atoms with Gasteiger partial charge in [-0.2, -0.15) is 0 Å². The van der Waals surface area contributed by atoms with Crippen molar-refractivity contribution in [1.82, 2.24) is 4.90 Å². The van der Waals surface area contributed by atoms with Crippen LogP contribution in [0.3, 0.4) is 0 Å². The lowest BCUT2D eigenvalue weighted by molar-refractivity contribution is 0.0669. The van der Waals surface area contributed by atoms with Gasteiger partial charge in [0.25, 0.3) is 5.91 Å². The lowest BCUT2D eigenvalue weighted by Crippen LogP contribution is -2.40. The summed E-state index contributed by atoms with van der Waals surface area (Å²) in [6.45, 7) is 5.12. The molecule has 4 heteroatoms. The van der Waals surface area contributed by atoms with Gasteiger partial charge >= 0.3 is 0 Å². The van der Waals surface area contributed by atoms with E-state index in [0.29, 0.717) is 17.5 Å². The van der Waals surface area contributed by atoms with Crippen LogP contribution in [0.25, 0.3) is 0 Å². The number of halogens is 1. The number of carbonyl (C=O) groups excluding carboxylic acids is 1. The Labute approximate surface area is 135 Å². The Morgan fingerprint density at radius 1 is 1.38 bits per heavy atom. The van der Waals surface area contributed by atoms with Gasteiger partial charge in [-0.05, 0) is 43.4 Å². The predicted molar refractivity (Wildman–Crippen MR) is 88.6 cm³/mol. The quantitative estimate of drug-likeness (QED) is 0.840. The Bertz CT molecular complexity index is 496. The Morgan fingerprint density at radius 2 is 2.05 bits per heavy atom. The number of carbonyl (C=O) groups is 1. The van der Waals surface area contributed by atoms with E-state index in [0.717, 1.165) is 30.3 Å². The fourth-order valence-corrected chi connectivity index (χ4v) is 3.25. The summed E-state index contributed by atoms with van der Waals surface area (Å²) in [5, 5.41) is 10.1. The highest BCUT2D eigenvalue weighted by Gasteiger charge is 2.28. The van der Waals surface area contributed by atoms with E-state index < -0.39 is 0 Å². The van der Waals surface area contributed by atoms with Gasteiger partial charge in [-0.1, -0.05) is 42.6 Å². The Kier molecular flexibility index (Phi) is 5.68. The summed E-state index contributed by atoms with van der Waals surface area (Å²) in [7, 11) is 0. The first-order chi connectivity index (χ1) is 9.99. The summed E-state index contributed by atoms with van der Waals surface area (Å²) in [6, 6.07) is 5.43. The maximum absolute atomic E-state index is 12.8. The first-order valence-corrected chi connectivity index (χ1v) is 8.58. The van der Waals surface area contributed by atoms with Crippen LogP contribution in [-0.2, 0) is 0 Å². The number of rotatable bonds is 5. The van der Waals surface area contributed by atoms with E-state index in [2.05, 4.69) is 29.8 Å². The molecule has 0 heterocycles. The molecule has 1 fully saturated rings. The molecule has 1 saturated carbocycles. The van der Waals surface area contributed by atoms with E-state index in [1.807, 2.05) is 11.0 Å². The van der Waals surface area contributed by atoms with Crippen molar-refractivity contribution in [1.29, 1.82) is 0 Å². The second-order valence-corrected chi connectivity index (χ2v) is 7.20. The van der Waals surface area contributed by atoms with E-state index in [1.54, 1.807) is 12.1 Å². The zero-order valence-corrected chi connectivity index (χ0v) is 14.4. The van der Waals surface area contributed by atoms with Gasteiger partial charge < -0.3 is 10.0 Å². The van der Waals surface area contributed by atoms with Crippen molar-refractivity contribution in [3.63, 3.8) is 0 Å². The normalized spacial score (nSPS) is 15.6. The molecule has 0 saturated heterocycles. The first kappa shape index (κ1) is 16.3. The number of hydrogen-bond acceptors (Lipinski definition) is 2. The van der Waals surface area contributed by atoms with Crippen LogP contribution in [0.1, 0.15) is 56.3 Å². The van der Waals surface area contributed by atoms with Crippen molar-refractivity contribution >= 4 is 21.8 Å². The molecule has 0 radical (unpaired) electrons. The molecule has 1 aromatic carbocycles. The van der Waals surface area contributed by atoms with Gasteiger partial charge in [0, 0.05) is 17.1 Å². The summed E-state index contributed by atoms with van der Waals surface area (Å²) >= 11 is 3.31. The highest BCUT2D eigenvalue weighted by Crippen LogP contribution is 2.29. The van der Waals surface area contributed by atoms with E-state index in [4.69, 9.17) is 0 Å². The molecular formula is C17H24BrNO2. The molecule has 0 bridgehead atoms. The van der Waals surface area contributed by atoms with Gasteiger partial charge in [0.1, 0.15) is 5.75 Å². The minimum absolute atomic E-state index is 0.0347. The van der Waals surface area contributed by atoms with Crippen molar-refractivity contribution in [3.8, 4) is 5.75 Å². The van der Waals surface area contributed by atoms with Crippen LogP contribution in [0.4, 0.5) is 0 Å². The van der Waals surface area contributed by atoms with Crippen molar-refractivity contribution in [3.05, 3.63) is 28.2 Å². The number of aromatic hydroxyl groups is 1. The van der Waals surface area contributed by atoms with Crippen LogP contribution < -0.4 is 0 Å². The van der Waals surface area contributed by atoms with Crippen molar-refractivity contribution in [2.45, 2.75) is 52.0 Å². The fraction of sp³-hybridized carbons (Fsp3) is 0.588. The van der Waals surface area contributed by atoms with Crippen molar-refractivity contribution in [2.24, 2.45) is 5.92 Å². The van der Waals surface area contributed by atoms with E-state index in [9.17, 15) is 9.90 Å². The molecule has 3 nitrogen and oxygen atoms in total. The van der Waals surface area contributed by atoms with Crippen LogP contribution in [0, 0.1) is 5.92 Å². The van der Waals surface area contributed by atoms with Gasteiger partial charge in [-0.25, -0.2) is 0 Å². The number of phenols is 1. The average Bonchev–Trinajstić information content (AvgIpc) is 2.92. The first-order valence-electron chi connectivity index (χ1n) is 7.78. The smallest absolute Gasteiger partial charge is 0.257 e. The van der Waals surface area contributed by atoms with Crippen molar-refractivity contribution < 1.29 is 9.90 Å². The minimum Gasteiger partial charge on any atom is -0.507 e. The topological polar surface area (TPSA) is 40.5 Å². The lowest BCUT2D eigenvalue weighted by Gasteiger charge is -2.30. The van der Waals surface area contributed by atoms with Gasteiger partial charge in [0.15, 0.2) is 0 Å². The Hall–Kier alpha value is -1.03. The lowest BCUT2D eigenvalue weighted by atomic mass is 10.1. The van der Waals surface area contributed by atoms with Gasteiger partial charge in [0.2, 0.25) is 0 Å². The monoisotopic (exact) mass is 353 g/mol. The van der Waals surface area contributed by atoms with Crippen LogP contribution in [0.2, 0.25) is 0 Å². The molecule has 1 aliphatic carbocycles. The molecule has 1 aromatic rings. The number of benzene rings is 1. The van der Waals surface area contributed by atoms with E-state index >= 15 is 0 Å². The molecule has 0 aromatic heterocycles. The van der Waals surface area contributed by atoms with E-state index in [1.165, 1.54) is 12.8 Å². The van der Waals surface area contributed by atoms with Gasteiger partial charge in [0.05, 0.1) is 5.56 Å². The Morgan fingerprint density at radius 3 is 2.62 bits per heavy atom. The van der Waals surface area contributed by atoms with Crippen LogP contribution in [0.5, 0.6) is 5.75 Å². The fourth-order valence-electron chi connectivity index (χ4n) is 2.90. The summed E-state index contributed by atoms with van der Waals surface area (Å²) in [4.78, 5) is 14.8. The number of phenolic OH excluding ortho intramolecular Hbond substituents is 1. The average molecular weight is 354 g/mol. The summed E-state index contributed by atoms with van der Waals surface area (Å²) in [5.74, 6) is 0.592. The molecule has 0 spiro atoms. The van der Waals surface area contributed by atoms with E-state index in [-0.39, 0.29) is 11.7 Å². The molecule has 1 amide bonds. The third-order valence-corrected chi connectivity index (χ3v) is 4.66. The predicted octanol–water partition coefficient (Wildman–Crippen LogP) is 4.59. The molecule has 1 N–H and O–H groups in total. The largest absolute Gasteiger partial charge is 0.507 e. The molecule has 2 rings (SSSR count). The van der Waals surface area contributed by atoms with Crippen LogP contribution in [-0.4, -0.2) is 28.5 Å². The third-order valence-electron chi connectivity index (χ3n) is 4.16. The van der Waals surface area contributed by atoms with Crippen LogP contribution >= 0.6 is 15.9 Å². The second kappa shape index (κ2) is 7.30. The van der Waals surface area contributed by atoms with Gasteiger partial charge in [-0.3, -0.25) is 4.79 Å². The maximum atomic E-state index is 12.8. The zero-order chi connectivity index (χ0) is 15.4. The highest BCUT2D eigenvalue weighted by molar-refractivity contribution is 9.10. The second-order valence-electron chi connectivity index (χ2n) is 6.28. The maximum Gasteiger partial charge on any atom is 0.257 e. The molecule has 0 atom stereocenters. The highest BCUT2D eigenvalue weighted by atomic mass is 79.9. The molecule has 21 heavy (non-hydrogen) atoms. The summed E-state index contributed by atoms with van der Waals surface area (Å²) < 4.78 is 0.783. The van der Waals surface area contributed by atoms with Crippen molar-refractivity contribution in [2.75, 3.05) is 6.54 Å². The summed E-state index contributed by atoms with van der Waals surface area (Å²) in [6.07, 6.45) is 5.56. The number of hydrogen-bond donors (Lipinski definition) is 1. The number of nitrogens with zero attached hydrogens (tertiary/aromatic N) is 1. The number of amides is 1. The minimum atomic E-state index is -0.0347. The Balaban J connectivity index is 2.19. The standard InChI is InChI=1S/C17H24BrNO2/c1-12(2)9-10-19(14-5-3-4-6-14)17(21)15-8-7-13(18)11-16(15)20/h7-8,11-12,14,20H,3-6,9-10H2,1-2H3. The molecule has 0 aliphatic heterocycles. The third kappa shape index (κ3) is 4.22. The molecule has 1 aliphatic rings. The molecule has 116 valence electrons. The van der Waals surface area contributed by atoms with Crippen LogP contribution in [0.15, 0.2) is 22.7 Å².